The van der Waals surface area contributed by atoms with Gasteiger partial charge >= 0.3 is 7.48 Å². The molecule has 1 atom stereocenters. The Bertz CT molecular complexity index is 557. The van der Waals surface area contributed by atoms with Crippen LogP contribution >= 0.6 is 0 Å². The van der Waals surface area contributed by atoms with Crippen molar-refractivity contribution in [1.29, 1.82) is 0 Å². The van der Waals surface area contributed by atoms with Crippen molar-refractivity contribution in [3.05, 3.63) is 29.8 Å². The average Bonchev–Trinajstić information content (AvgIpc) is 2.75. The molecule has 0 heterocycles. The van der Waals surface area contributed by atoms with Crippen LogP contribution in [0.15, 0.2) is 24.3 Å². The third-order valence-electron chi connectivity index (χ3n) is 5.84. The first-order valence-electron chi connectivity index (χ1n) is 9.63. The summed E-state index contributed by atoms with van der Waals surface area (Å²) in [6.07, 6.45) is 7.14. The lowest BCUT2D eigenvalue weighted by molar-refractivity contribution is -0.118. The van der Waals surface area contributed by atoms with Crippen LogP contribution in [-0.2, 0) is 15.9 Å². The Labute approximate surface area is 153 Å². The van der Waals surface area contributed by atoms with Gasteiger partial charge in [0.2, 0.25) is 0 Å². The van der Waals surface area contributed by atoms with E-state index in [0.29, 0.717) is 19.2 Å². The van der Waals surface area contributed by atoms with E-state index in [4.69, 9.17) is 4.65 Å². The van der Waals surface area contributed by atoms with Crippen molar-refractivity contribution in [1.82, 2.24) is 0 Å². The maximum atomic E-state index is 11.5. The van der Waals surface area contributed by atoms with Gasteiger partial charge in [0.05, 0.1) is 11.2 Å². The smallest absolute Gasteiger partial charge is 0.309 e. The number of carbonyl (C=O) groups excluding carboxylic acids is 1. The molecule has 3 nitrogen and oxygen atoms in total. The van der Waals surface area contributed by atoms with Crippen LogP contribution in [-0.4, -0.2) is 29.6 Å². The number of Topliss-reactive ketones (excluding diaryl/α,β-unsaturated/α-hetero) is 1. The van der Waals surface area contributed by atoms with Gasteiger partial charge in [-0.3, -0.25) is 4.79 Å². The predicted octanol–water partition coefficient (Wildman–Crippen LogP) is 3.31. The zero-order valence-electron chi connectivity index (χ0n) is 16.3. The molecule has 0 aliphatic heterocycles. The van der Waals surface area contributed by atoms with Crippen LogP contribution in [0.3, 0.4) is 0 Å². The van der Waals surface area contributed by atoms with Crippen molar-refractivity contribution >= 4 is 18.7 Å². The minimum atomic E-state index is -0.882. The lowest BCUT2D eigenvalue weighted by Crippen LogP contribution is -2.49. The standard InChI is InChI=1S/C21H33BO3/c1-20(2,24)21(3,4)25-22-18-13-10-17(11-14-18)9-8-16-6-5-7-19(23)15-12-16/h10-11,13-14,16,22,24H,5-9,12,15H2,1-4H3. The molecule has 1 aromatic rings. The van der Waals surface area contributed by atoms with Crippen molar-refractivity contribution in [2.45, 2.75) is 83.8 Å². The molecule has 1 aliphatic carbocycles. The molecular formula is C21H33BO3. The van der Waals surface area contributed by atoms with Gasteiger partial charge in [-0.15, -0.1) is 0 Å². The Balaban J connectivity index is 1.80. The van der Waals surface area contributed by atoms with E-state index in [1.165, 1.54) is 18.4 Å². The second-order valence-corrected chi connectivity index (χ2v) is 8.55. The SMILES string of the molecule is CC(C)(O)C(C)(C)OBc1ccc(CCC2CCCC(=O)CC2)cc1. The minimum absolute atomic E-state index is 0.445. The third-order valence-corrected chi connectivity index (χ3v) is 5.84. The van der Waals surface area contributed by atoms with E-state index in [0.717, 1.165) is 37.6 Å². The van der Waals surface area contributed by atoms with E-state index in [1.54, 1.807) is 13.8 Å². The first-order valence-corrected chi connectivity index (χ1v) is 9.63. The van der Waals surface area contributed by atoms with Crippen LogP contribution in [0.1, 0.15) is 71.8 Å². The van der Waals surface area contributed by atoms with Crippen molar-refractivity contribution in [2.75, 3.05) is 0 Å². The molecule has 0 radical (unpaired) electrons. The van der Waals surface area contributed by atoms with Crippen LogP contribution < -0.4 is 5.46 Å². The molecule has 1 saturated carbocycles. The van der Waals surface area contributed by atoms with E-state index in [-0.39, 0.29) is 0 Å². The van der Waals surface area contributed by atoms with Gasteiger partial charge in [-0.2, -0.15) is 0 Å². The van der Waals surface area contributed by atoms with Crippen molar-refractivity contribution < 1.29 is 14.6 Å². The molecular weight excluding hydrogens is 311 g/mol. The van der Waals surface area contributed by atoms with Crippen LogP contribution in [0.2, 0.25) is 0 Å². The Morgan fingerprint density at radius 3 is 2.44 bits per heavy atom. The van der Waals surface area contributed by atoms with Crippen LogP contribution in [0.5, 0.6) is 0 Å². The highest BCUT2D eigenvalue weighted by Gasteiger charge is 2.35. The third kappa shape index (κ3) is 6.27. The lowest BCUT2D eigenvalue weighted by atomic mass is 9.82. The molecule has 0 bridgehead atoms. The summed E-state index contributed by atoms with van der Waals surface area (Å²) in [4.78, 5) is 11.5. The fourth-order valence-corrected chi connectivity index (χ4v) is 3.12. The number of aliphatic hydroxyl groups is 1. The topological polar surface area (TPSA) is 46.5 Å². The zero-order valence-corrected chi connectivity index (χ0v) is 16.3. The van der Waals surface area contributed by atoms with Gasteiger partial charge < -0.3 is 9.76 Å². The maximum absolute atomic E-state index is 11.5. The fraction of sp³-hybridized carbons (Fsp3) is 0.667. The van der Waals surface area contributed by atoms with E-state index >= 15 is 0 Å². The summed E-state index contributed by atoms with van der Waals surface area (Å²) < 4.78 is 5.92. The number of ketones is 1. The van der Waals surface area contributed by atoms with Gasteiger partial charge in [0.25, 0.3) is 0 Å². The highest BCUT2D eigenvalue weighted by Crippen LogP contribution is 2.26. The Hall–Kier alpha value is -1.13. The molecule has 0 saturated heterocycles. The number of hydrogen-bond donors (Lipinski definition) is 1. The van der Waals surface area contributed by atoms with Crippen LogP contribution in [0, 0.1) is 5.92 Å². The van der Waals surface area contributed by atoms with Gasteiger partial charge in [0.15, 0.2) is 0 Å². The van der Waals surface area contributed by atoms with Crippen molar-refractivity contribution in [3.8, 4) is 0 Å². The van der Waals surface area contributed by atoms with Gasteiger partial charge in [-0.25, -0.2) is 0 Å². The number of hydrogen-bond acceptors (Lipinski definition) is 3. The van der Waals surface area contributed by atoms with Gasteiger partial charge in [-0.1, -0.05) is 36.1 Å². The van der Waals surface area contributed by atoms with E-state index in [1.807, 2.05) is 13.8 Å². The second kappa shape index (κ2) is 8.50. The summed E-state index contributed by atoms with van der Waals surface area (Å²) in [6, 6.07) is 8.59. The van der Waals surface area contributed by atoms with E-state index in [9.17, 15) is 9.90 Å². The highest BCUT2D eigenvalue weighted by molar-refractivity contribution is 6.47. The lowest BCUT2D eigenvalue weighted by Gasteiger charge is -2.37. The number of rotatable bonds is 7. The molecule has 2 rings (SSSR count). The normalized spacial score (nSPS) is 19.6. The molecule has 1 aromatic carbocycles. The number of aryl methyl sites for hydroxylation is 1. The van der Waals surface area contributed by atoms with Crippen molar-refractivity contribution in [2.24, 2.45) is 5.92 Å². The molecule has 1 unspecified atom stereocenters. The second-order valence-electron chi connectivity index (χ2n) is 8.55. The fourth-order valence-electron chi connectivity index (χ4n) is 3.12. The monoisotopic (exact) mass is 344 g/mol. The average molecular weight is 344 g/mol. The summed E-state index contributed by atoms with van der Waals surface area (Å²) in [5, 5.41) is 10.2. The van der Waals surface area contributed by atoms with Crippen LogP contribution in [0.4, 0.5) is 0 Å². The van der Waals surface area contributed by atoms with Gasteiger partial charge in [0.1, 0.15) is 5.78 Å². The highest BCUT2D eigenvalue weighted by atomic mass is 16.5. The predicted molar refractivity (Wildman–Crippen MR) is 105 cm³/mol. The molecule has 0 aromatic heterocycles. The summed E-state index contributed by atoms with van der Waals surface area (Å²) in [7, 11) is 0.502. The molecule has 138 valence electrons. The molecule has 25 heavy (non-hydrogen) atoms. The van der Waals surface area contributed by atoms with Gasteiger partial charge in [0, 0.05) is 12.8 Å². The van der Waals surface area contributed by atoms with Crippen LogP contribution in [0.25, 0.3) is 0 Å². The van der Waals surface area contributed by atoms with Crippen molar-refractivity contribution in [3.63, 3.8) is 0 Å². The first-order chi connectivity index (χ1) is 11.7. The first kappa shape index (κ1) is 20.2. The number of carbonyl (C=O) groups is 1. The minimum Gasteiger partial charge on any atom is -0.427 e. The molecule has 0 amide bonds. The van der Waals surface area contributed by atoms with E-state index < -0.39 is 11.2 Å². The molecule has 0 spiro atoms. The Morgan fingerprint density at radius 2 is 1.80 bits per heavy atom. The molecule has 1 fully saturated rings. The quantitative estimate of drug-likeness (QED) is 0.610. The number of benzene rings is 1. The summed E-state index contributed by atoms with van der Waals surface area (Å²) >= 11 is 0. The maximum Gasteiger partial charge on any atom is 0.309 e. The van der Waals surface area contributed by atoms with Gasteiger partial charge in [-0.05, 0) is 64.9 Å². The summed E-state index contributed by atoms with van der Waals surface area (Å²) in [5.74, 6) is 1.14. The molecule has 1 aliphatic rings. The summed E-state index contributed by atoms with van der Waals surface area (Å²) in [5.41, 5.74) is 0.998. The summed E-state index contributed by atoms with van der Waals surface area (Å²) in [6.45, 7) is 7.38. The molecule has 1 N–H and O–H groups in total. The Kier molecular flexibility index (Phi) is 6.87. The Morgan fingerprint density at radius 1 is 1.12 bits per heavy atom. The molecule has 4 heteroatoms. The van der Waals surface area contributed by atoms with E-state index in [2.05, 4.69) is 24.3 Å². The zero-order chi connectivity index (χ0) is 18.5. The largest absolute Gasteiger partial charge is 0.427 e.